The Hall–Kier alpha value is -1.59. The Morgan fingerprint density at radius 1 is 1.17 bits per heavy atom. The van der Waals surface area contributed by atoms with Crippen molar-refractivity contribution < 1.29 is 9.53 Å². The molecule has 0 amide bonds. The summed E-state index contributed by atoms with van der Waals surface area (Å²) in [6.45, 7) is 9.18. The first-order valence-corrected chi connectivity index (χ1v) is 11.9. The van der Waals surface area contributed by atoms with E-state index in [1.807, 2.05) is 36.9 Å². The second-order valence-corrected chi connectivity index (χ2v) is 8.64. The predicted molar refractivity (Wildman–Crippen MR) is 129 cm³/mol. The van der Waals surface area contributed by atoms with Gasteiger partial charge in [-0.25, -0.2) is 0 Å². The summed E-state index contributed by atoms with van der Waals surface area (Å²) in [6.07, 6.45) is 8.72. The number of ether oxygens (including phenoxy) is 1. The molecule has 6 heteroatoms. The van der Waals surface area contributed by atoms with Crippen molar-refractivity contribution in [1.29, 1.82) is 0 Å². The molecule has 1 N–H and O–H groups in total. The van der Waals surface area contributed by atoms with Crippen LogP contribution in [0.25, 0.3) is 0 Å². The van der Waals surface area contributed by atoms with Gasteiger partial charge in [-0.3, -0.25) is 4.79 Å². The molecular formula is C24H35ClN2O2S. The lowest BCUT2D eigenvalue weighted by atomic mass is 9.92. The Morgan fingerprint density at radius 2 is 1.83 bits per heavy atom. The number of nitrogens with zero attached hydrogens (tertiary/aromatic N) is 1. The highest BCUT2D eigenvalue weighted by molar-refractivity contribution is 7.80. The third-order valence-corrected chi connectivity index (χ3v) is 6.22. The van der Waals surface area contributed by atoms with E-state index < -0.39 is 0 Å². The second-order valence-electron chi connectivity index (χ2n) is 7.84. The Balaban J connectivity index is 2.01. The van der Waals surface area contributed by atoms with Gasteiger partial charge in [-0.1, -0.05) is 63.1 Å². The summed E-state index contributed by atoms with van der Waals surface area (Å²) in [5.41, 5.74) is 2.53. The van der Waals surface area contributed by atoms with Crippen molar-refractivity contribution in [1.82, 2.24) is 10.2 Å². The topological polar surface area (TPSA) is 41.6 Å². The van der Waals surface area contributed by atoms with Gasteiger partial charge in [0.15, 0.2) is 10.9 Å². The quantitative estimate of drug-likeness (QED) is 0.287. The molecule has 30 heavy (non-hydrogen) atoms. The van der Waals surface area contributed by atoms with Crippen molar-refractivity contribution in [2.24, 2.45) is 0 Å². The van der Waals surface area contributed by atoms with E-state index >= 15 is 0 Å². The standard InChI is InChI=1S/C24H35ClN2O2S/c1-5-7-8-9-10-11-12-15-29-21-14-13-19(16-20(21)25)23-22(18(4)28)17(3)27(6-2)24(30)26-23/h13-14,16,23H,5-12,15H2,1-4H3,(H,26,30). The number of nitrogens with one attached hydrogen (secondary N) is 1. The molecule has 1 unspecified atom stereocenters. The molecule has 0 saturated heterocycles. The molecular weight excluding hydrogens is 416 g/mol. The molecule has 4 nitrogen and oxygen atoms in total. The van der Waals surface area contributed by atoms with Crippen LogP contribution in [0, 0.1) is 0 Å². The lowest BCUT2D eigenvalue weighted by molar-refractivity contribution is -0.114. The van der Waals surface area contributed by atoms with Crippen LogP contribution < -0.4 is 10.1 Å². The Labute approximate surface area is 192 Å². The van der Waals surface area contributed by atoms with Crippen LogP contribution in [0.2, 0.25) is 5.02 Å². The van der Waals surface area contributed by atoms with Gasteiger partial charge in [0.1, 0.15) is 5.75 Å². The monoisotopic (exact) mass is 450 g/mol. The van der Waals surface area contributed by atoms with E-state index in [-0.39, 0.29) is 11.8 Å². The molecule has 1 aromatic rings. The molecule has 1 aliphatic rings. The number of benzene rings is 1. The van der Waals surface area contributed by atoms with Crippen molar-refractivity contribution in [2.45, 2.75) is 78.7 Å². The highest BCUT2D eigenvalue weighted by atomic mass is 35.5. The minimum Gasteiger partial charge on any atom is -0.492 e. The van der Waals surface area contributed by atoms with Crippen molar-refractivity contribution in [3.8, 4) is 5.75 Å². The smallest absolute Gasteiger partial charge is 0.173 e. The van der Waals surface area contributed by atoms with E-state index in [1.165, 1.54) is 38.5 Å². The lowest BCUT2D eigenvalue weighted by Crippen LogP contribution is -2.47. The molecule has 1 heterocycles. The molecule has 0 spiro atoms. The van der Waals surface area contributed by atoms with Crippen LogP contribution in [0.1, 0.15) is 84.2 Å². The average Bonchev–Trinajstić information content (AvgIpc) is 2.70. The van der Waals surface area contributed by atoms with Crippen molar-refractivity contribution in [3.63, 3.8) is 0 Å². The van der Waals surface area contributed by atoms with Crippen LogP contribution in [0.5, 0.6) is 5.75 Å². The molecule has 1 aliphatic heterocycles. The fourth-order valence-electron chi connectivity index (χ4n) is 3.92. The average molecular weight is 451 g/mol. The van der Waals surface area contributed by atoms with Gasteiger partial charge in [0, 0.05) is 17.8 Å². The van der Waals surface area contributed by atoms with E-state index in [1.54, 1.807) is 6.92 Å². The number of hydrogen-bond acceptors (Lipinski definition) is 3. The summed E-state index contributed by atoms with van der Waals surface area (Å²) in [4.78, 5) is 14.3. The number of rotatable bonds is 12. The number of carbonyl (C=O) groups excluding carboxylic acids is 1. The zero-order valence-electron chi connectivity index (χ0n) is 18.7. The van der Waals surface area contributed by atoms with E-state index in [0.29, 0.717) is 29.0 Å². The second kappa shape index (κ2) is 12.3. The molecule has 166 valence electrons. The van der Waals surface area contributed by atoms with Crippen molar-refractivity contribution >= 4 is 34.7 Å². The number of carbonyl (C=O) groups is 1. The summed E-state index contributed by atoms with van der Waals surface area (Å²) in [5.74, 6) is 0.714. The number of allylic oxidation sites excluding steroid dienone is 1. The third kappa shape index (κ3) is 6.45. The first-order valence-electron chi connectivity index (χ1n) is 11.1. The molecule has 1 aromatic carbocycles. The van der Waals surface area contributed by atoms with Gasteiger partial charge in [0.2, 0.25) is 0 Å². The summed E-state index contributed by atoms with van der Waals surface area (Å²) >= 11 is 12.0. The minimum absolute atomic E-state index is 0.0290. The molecule has 0 radical (unpaired) electrons. The summed E-state index contributed by atoms with van der Waals surface area (Å²) in [6, 6.07) is 5.43. The molecule has 0 saturated carbocycles. The number of Topliss-reactive ketones (excluding diaryl/α,β-unsaturated/α-hetero) is 1. The lowest BCUT2D eigenvalue weighted by Gasteiger charge is -2.37. The normalized spacial score (nSPS) is 16.6. The van der Waals surface area contributed by atoms with Gasteiger partial charge in [-0.15, -0.1) is 0 Å². The maximum Gasteiger partial charge on any atom is 0.173 e. The highest BCUT2D eigenvalue weighted by Gasteiger charge is 2.31. The number of thiocarbonyl (C=S) groups is 1. The fraction of sp³-hybridized carbons (Fsp3) is 0.583. The number of halogens is 1. The summed E-state index contributed by atoms with van der Waals surface area (Å²) < 4.78 is 5.89. The maximum absolute atomic E-state index is 12.4. The zero-order chi connectivity index (χ0) is 22.1. The van der Waals surface area contributed by atoms with Crippen LogP contribution >= 0.6 is 23.8 Å². The number of ketones is 1. The van der Waals surface area contributed by atoms with E-state index in [0.717, 1.165) is 23.3 Å². The van der Waals surface area contributed by atoms with Crippen LogP contribution in [-0.2, 0) is 4.79 Å². The van der Waals surface area contributed by atoms with Crippen LogP contribution in [0.3, 0.4) is 0 Å². The van der Waals surface area contributed by atoms with E-state index in [4.69, 9.17) is 28.6 Å². The molecule has 0 aliphatic carbocycles. The highest BCUT2D eigenvalue weighted by Crippen LogP contribution is 2.35. The predicted octanol–water partition coefficient (Wildman–Crippen LogP) is 6.58. The van der Waals surface area contributed by atoms with E-state index in [2.05, 4.69) is 12.2 Å². The van der Waals surface area contributed by atoms with Crippen LogP contribution in [0.4, 0.5) is 0 Å². The van der Waals surface area contributed by atoms with Crippen molar-refractivity contribution in [3.05, 3.63) is 40.1 Å². The van der Waals surface area contributed by atoms with Crippen molar-refractivity contribution in [2.75, 3.05) is 13.2 Å². The SMILES string of the molecule is CCCCCCCCCOc1ccc(C2NC(=S)N(CC)C(C)=C2C(C)=O)cc1Cl. The fourth-order valence-corrected chi connectivity index (χ4v) is 4.55. The van der Waals surface area contributed by atoms with Gasteiger partial charge >= 0.3 is 0 Å². The Kier molecular flexibility index (Phi) is 10.1. The number of hydrogen-bond donors (Lipinski definition) is 1. The van der Waals surface area contributed by atoms with Crippen LogP contribution in [-0.4, -0.2) is 28.9 Å². The maximum atomic E-state index is 12.4. The molecule has 1 atom stereocenters. The van der Waals surface area contributed by atoms with Crippen LogP contribution in [0.15, 0.2) is 29.5 Å². The van der Waals surface area contributed by atoms with Gasteiger partial charge in [-0.05, 0) is 57.1 Å². The number of unbranched alkanes of at least 4 members (excludes halogenated alkanes) is 6. The Morgan fingerprint density at radius 3 is 2.43 bits per heavy atom. The third-order valence-electron chi connectivity index (χ3n) is 5.59. The van der Waals surface area contributed by atoms with Gasteiger partial charge in [-0.2, -0.15) is 0 Å². The minimum atomic E-state index is -0.299. The molecule has 0 bridgehead atoms. The van der Waals surface area contributed by atoms with Gasteiger partial charge in [0.05, 0.1) is 17.7 Å². The molecule has 0 aromatic heterocycles. The van der Waals surface area contributed by atoms with E-state index in [9.17, 15) is 4.79 Å². The zero-order valence-corrected chi connectivity index (χ0v) is 20.3. The summed E-state index contributed by atoms with van der Waals surface area (Å²) in [5, 5.41) is 4.48. The first kappa shape index (κ1) is 24.7. The first-order chi connectivity index (χ1) is 14.4. The molecule has 2 rings (SSSR count). The van der Waals surface area contributed by atoms with Gasteiger partial charge < -0.3 is 15.0 Å². The summed E-state index contributed by atoms with van der Waals surface area (Å²) in [7, 11) is 0. The Bertz CT molecular complexity index is 778. The largest absolute Gasteiger partial charge is 0.492 e. The molecule has 0 fully saturated rings. The van der Waals surface area contributed by atoms with Gasteiger partial charge in [0.25, 0.3) is 0 Å².